The fraction of sp³-hybridized carbons (Fsp3) is 0.385. The van der Waals surface area contributed by atoms with E-state index in [1.54, 1.807) is 12.3 Å². The average Bonchev–Trinajstić information content (AvgIpc) is 2.79. The maximum Gasteiger partial charge on any atom is 0.310 e. The van der Waals surface area contributed by atoms with Gasteiger partial charge in [0.15, 0.2) is 12.4 Å². The van der Waals surface area contributed by atoms with Crippen LogP contribution in [0.4, 0.5) is 0 Å². The van der Waals surface area contributed by atoms with E-state index in [-0.39, 0.29) is 24.4 Å². The highest BCUT2D eigenvalue weighted by Gasteiger charge is 2.47. The van der Waals surface area contributed by atoms with Crippen molar-refractivity contribution in [2.45, 2.75) is 25.9 Å². The molecule has 1 fully saturated rings. The number of rotatable bonds is 4. The molecule has 2 aromatic heterocycles. The normalized spacial score (nSPS) is 21.8. The molecule has 18 heavy (non-hydrogen) atoms. The lowest BCUT2D eigenvalue weighted by atomic mass is 10.2. The SMILES string of the molecule is Cc1cc(COC(=O)[C@@H]2C[C@H]2c2ccco2)on1. The Bertz CT molecular complexity index is 543. The van der Waals surface area contributed by atoms with Gasteiger partial charge >= 0.3 is 5.97 Å². The third kappa shape index (κ3) is 2.16. The first-order valence-electron chi connectivity index (χ1n) is 5.86. The summed E-state index contributed by atoms with van der Waals surface area (Å²) in [5.74, 6) is 1.30. The van der Waals surface area contributed by atoms with Crippen LogP contribution >= 0.6 is 0 Å². The molecule has 1 aliphatic carbocycles. The predicted molar refractivity (Wildman–Crippen MR) is 60.6 cm³/mol. The van der Waals surface area contributed by atoms with E-state index in [1.807, 2.05) is 19.1 Å². The molecule has 0 unspecified atom stereocenters. The maximum absolute atomic E-state index is 11.8. The molecule has 0 saturated heterocycles. The molecule has 0 bridgehead atoms. The number of aryl methyl sites for hydroxylation is 1. The summed E-state index contributed by atoms with van der Waals surface area (Å²) >= 11 is 0. The van der Waals surface area contributed by atoms with E-state index in [4.69, 9.17) is 13.7 Å². The van der Waals surface area contributed by atoms with E-state index in [0.717, 1.165) is 17.9 Å². The standard InChI is InChI=1S/C13H13NO4/c1-8-5-9(18-14-8)7-17-13(15)11-6-10(11)12-3-2-4-16-12/h2-5,10-11H,6-7H2,1H3/t10-,11-/m1/s1. The van der Waals surface area contributed by atoms with Gasteiger partial charge in [-0.1, -0.05) is 5.16 Å². The topological polar surface area (TPSA) is 65.5 Å². The second kappa shape index (κ2) is 4.33. The van der Waals surface area contributed by atoms with Crippen LogP contribution in [0, 0.1) is 12.8 Å². The van der Waals surface area contributed by atoms with E-state index < -0.39 is 0 Å². The van der Waals surface area contributed by atoms with Crippen molar-refractivity contribution >= 4 is 5.97 Å². The van der Waals surface area contributed by atoms with Crippen LogP contribution in [0.5, 0.6) is 0 Å². The highest BCUT2D eigenvalue weighted by atomic mass is 16.5. The summed E-state index contributed by atoms with van der Waals surface area (Å²) < 4.78 is 15.4. The lowest BCUT2D eigenvalue weighted by Crippen LogP contribution is -2.07. The highest BCUT2D eigenvalue weighted by molar-refractivity contribution is 5.77. The molecule has 5 nitrogen and oxygen atoms in total. The number of carbonyl (C=O) groups is 1. The van der Waals surface area contributed by atoms with Gasteiger partial charge in [-0.15, -0.1) is 0 Å². The lowest BCUT2D eigenvalue weighted by Gasteiger charge is -2.00. The summed E-state index contributed by atoms with van der Waals surface area (Å²) in [5, 5.41) is 3.73. The summed E-state index contributed by atoms with van der Waals surface area (Å²) in [5.41, 5.74) is 0.779. The second-order valence-electron chi connectivity index (χ2n) is 4.51. The Hall–Kier alpha value is -2.04. The molecular weight excluding hydrogens is 234 g/mol. The van der Waals surface area contributed by atoms with Crippen molar-refractivity contribution in [3.63, 3.8) is 0 Å². The van der Waals surface area contributed by atoms with Crippen molar-refractivity contribution in [3.05, 3.63) is 41.7 Å². The lowest BCUT2D eigenvalue weighted by molar-refractivity contribution is -0.147. The quantitative estimate of drug-likeness (QED) is 0.776. The molecule has 2 heterocycles. The van der Waals surface area contributed by atoms with Crippen LogP contribution in [0.1, 0.15) is 29.6 Å². The van der Waals surface area contributed by atoms with E-state index in [9.17, 15) is 4.79 Å². The molecule has 5 heteroatoms. The fourth-order valence-corrected chi connectivity index (χ4v) is 2.01. The van der Waals surface area contributed by atoms with Crippen molar-refractivity contribution in [1.29, 1.82) is 0 Å². The Labute approximate surface area is 104 Å². The van der Waals surface area contributed by atoms with Gasteiger partial charge in [-0.05, 0) is 25.5 Å². The maximum atomic E-state index is 11.8. The van der Waals surface area contributed by atoms with Crippen molar-refractivity contribution in [2.75, 3.05) is 0 Å². The molecule has 0 radical (unpaired) electrons. The molecule has 0 spiro atoms. The van der Waals surface area contributed by atoms with Crippen LogP contribution in [0.3, 0.4) is 0 Å². The Morgan fingerprint density at radius 3 is 3.17 bits per heavy atom. The second-order valence-corrected chi connectivity index (χ2v) is 4.51. The van der Waals surface area contributed by atoms with Gasteiger partial charge in [0, 0.05) is 12.0 Å². The van der Waals surface area contributed by atoms with Gasteiger partial charge in [-0.3, -0.25) is 4.79 Å². The minimum atomic E-state index is -0.203. The van der Waals surface area contributed by atoms with Crippen molar-refractivity contribution in [2.24, 2.45) is 5.92 Å². The van der Waals surface area contributed by atoms with Crippen LogP contribution in [-0.4, -0.2) is 11.1 Å². The molecule has 1 aliphatic rings. The first kappa shape index (κ1) is 11.1. The van der Waals surface area contributed by atoms with Gasteiger partial charge in [0.05, 0.1) is 17.9 Å². The van der Waals surface area contributed by atoms with E-state index >= 15 is 0 Å². The number of aromatic nitrogens is 1. The Morgan fingerprint density at radius 1 is 1.61 bits per heavy atom. The zero-order valence-electron chi connectivity index (χ0n) is 9.96. The third-order valence-corrected chi connectivity index (χ3v) is 3.04. The Morgan fingerprint density at radius 2 is 2.50 bits per heavy atom. The molecule has 2 atom stereocenters. The highest BCUT2D eigenvalue weighted by Crippen LogP contribution is 2.48. The van der Waals surface area contributed by atoms with Crippen molar-refractivity contribution in [3.8, 4) is 0 Å². The number of furan rings is 1. The number of hydrogen-bond donors (Lipinski definition) is 0. The molecule has 0 aliphatic heterocycles. The van der Waals surface area contributed by atoms with Gasteiger partial charge in [0.1, 0.15) is 5.76 Å². The predicted octanol–water partition coefficient (Wildman–Crippen LogP) is 2.42. The number of nitrogens with zero attached hydrogens (tertiary/aromatic N) is 1. The fourth-order valence-electron chi connectivity index (χ4n) is 2.01. The van der Waals surface area contributed by atoms with Gasteiger partial charge < -0.3 is 13.7 Å². The van der Waals surface area contributed by atoms with Gasteiger partial charge in [-0.25, -0.2) is 0 Å². The van der Waals surface area contributed by atoms with E-state index in [1.165, 1.54) is 0 Å². The summed E-state index contributed by atoms with van der Waals surface area (Å²) in [4.78, 5) is 11.8. The van der Waals surface area contributed by atoms with Crippen LogP contribution in [0.25, 0.3) is 0 Å². The molecule has 2 aromatic rings. The van der Waals surface area contributed by atoms with Crippen molar-refractivity contribution in [1.82, 2.24) is 5.16 Å². The van der Waals surface area contributed by atoms with Crippen LogP contribution in [0.2, 0.25) is 0 Å². The van der Waals surface area contributed by atoms with E-state index in [2.05, 4.69) is 5.16 Å². The number of hydrogen-bond acceptors (Lipinski definition) is 5. The minimum absolute atomic E-state index is 0.0832. The summed E-state index contributed by atoms with van der Waals surface area (Å²) in [6.07, 6.45) is 2.41. The zero-order valence-corrected chi connectivity index (χ0v) is 9.96. The molecule has 0 amide bonds. The van der Waals surface area contributed by atoms with E-state index in [0.29, 0.717) is 5.76 Å². The van der Waals surface area contributed by atoms with Crippen LogP contribution < -0.4 is 0 Å². The molecule has 94 valence electrons. The van der Waals surface area contributed by atoms with Crippen molar-refractivity contribution < 1.29 is 18.5 Å². The smallest absolute Gasteiger partial charge is 0.310 e. The van der Waals surface area contributed by atoms with Crippen LogP contribution in [0.15, 0.2) is 33.4 Å². The Balaban J connectivity index is 1.51. The van der Waals surface area contributed by atoms with Gasteiger partial charge in [0.25, 0.3) is 0 Å². The monoisotopic (exact) mass is 247 g/mol. The number of carbonyl (C=O) groups excluding carboxylic acids is 1. The molecule has 3 rings (SSSR count). The molecule has 0 aromatic carbocycles. The van der Waals surface area contributed by atoms with Gasteiger partial charge in [0.2, 0.25) is 0 Å². The first-order valence-corrected chi connectivity index (χ1v) is 5.86. The van der Waals surface area contributed by atoms with Gasteiger partial charge in [-0.2, -0.15) is 0 Å². The largest absolute Gasteiger partial charge is 0.469 e. The first-order chi connectivity index (χ1) is 8.74. The molecule has 1 saturated carbocycles. The molecular formula is C13H13NO4. The van der Waals surface area contributed by atoms with Crippen LogP contribution in [-0.2, 0) is 16.1 Å². The number of esters is 1. The minimum Gasteiger partial charge on any atom is -0.469 e. The third-order valence-electron chi connectivity index (χ3n) is 3.04. The average molecular weight is 247 g/mol. The summed E-state index contributed by atoms with van der Waals surface area (Å²) in [6, 6.07) is 5.47. The number of ether oxygens (including phenoxy) is 1. The Kier molecular flexibility index (Phi) is 2.66. The summed E-state index contributed by atoms with van der Waals surface area (Å²) in [7, 11) is 0. The summed E-state index contributed by atoms with van der Waals surface area (Å²) in [6.45, 7) is 1.96. The molecule has 0 N–H and O–H groups in total. The zero-order chi connectivity index (χ0) is 12.5.